The van der Waals surface area contributed by atoms with Crippen LogP contribution in [-0.2, 0) is 18.4 Å². The van der Waals surface area contributed by atoms with Crippen LogP contribution in [0.2, 0.25) is 0 Å². The molecule has 0 atom stereocenters. The molecule has 1 aliphatic carbocycles. The van der Waals surface area contributed by atoms with Crippen LogP contribution >= 0.6 is 0 Å². The Morgan fingerprint density at radius 3 is 2.91 bits per heavy atom. The van der Waals surface area contributed by atoms with E-state index in [1.807, 2.05) is 13.0 Å². The number of esters is 1. The molecular weight excluding hydrogens is 296 g/mol. The van der Waals surface area contributed by atoms with E-state index in [1.165, 1.54) is 0 Å². The van der Waals surface area contributed by atoms with E-state index in [1.54, 1.807) is 23.9 Å². The van der Waals surface area contributed by atoms with Gasteiger partial charge in [0, 0.05) is 13.1 Å². The Hall–Kier alpha value is -2.77. The Bertz CT molecular complexity index is 893. The molecule has 23 heavy (non-hydrogen) atoms. The molecule has 1 aliphatic rings. The molecule has 2 heterocycles. The van der Waals surface area contributed by atoms with Crippen molar-refractivity contribution in [1.82, 2.24) is 29.8 Å². The maximum atomic E-state index is 12.2. The van der Waals surface area contributed by atoms with Gasteiger partial charge in [0.1, 0.15) is 11.3 Å². The summed E-state index contributed by atoms with van der Waals surface area (Å²) < 4.78 is 9.10. The van der Waals surface area contributed by atoms with Crippen molar-refractivity contribution in [3.05, 3.63) is 35.4 Å². The van der Waals surface area contributed by atoms with Gasteiger partial charge in [-0.15, -0.1) is 15.3 Å². The molecule has 1 saturated carbocycles. The highest BCUT2D eigenvalue weighted by molar-refractivity contribution is 5.93. The first-order valence-electron chi connectivity index (χ1n) is 7.50. The molecule has 1 aromatic carbocycles. The van der Waals surface area contributed by atoms with Crippen molar-refractivity contribution >= 4 is 17.0 Å². The number of fused-ring (bicyclic) bond motifs is 1. The fourth-order valence-corrected chi connectivity index (χ4v) is 2.70. The summed E-state index contributed by atoms with van der Waals surface area (Å²) >= 11 is 0. The molecule has 4 rings (SSSR count). The van der Waals surface area contributed by atoms with Crippen LogP contribution in [0.4, 0.5) is 0 Å². The lowest BCUT2D eigenvalue weighted by molar-refractivity contribution is 0.0457. The molecule has 0 N–H and O–H groups in total. The number of benzene rings is 1. The third kappa shape index (κ3) is 2.45. The second-order valence-electron chi connectivity index (χ2n) is 5.76. The Morgan fingerprint density at radius 1 is 1.30 bits per heavy atom. The van der Waals surface area contributed by atoms with Crippen molar-refractivity contribution in [3.63, 3.8) is 0 Å². The number of ether oxygens (including phenoxy) is 1. The summed E-state index contributed by atoms with van der Waals surface area (Å²) in [5.74, 6) is 1.15. The van der Waals surface area contributed by atoms with Crippen molar-refractivity contribution in [1.29, 1.82) is 0 Å². The summed E-state index contributed by atoms with van der Waals surface area (Å²) in [5.41, 5.74) is 1.98. The van der Waals surface area contributed by atoms with Crippen LogP contribution in [0.25, 0.3) is 11.0 Å². The fraction of sp³-hybridized carbons (Fsp3) is 0.400. The highest BCUT2D eigenvalue weighted by Crippen LogP contribution is 2.36. The standard InChI is InChI=1S/C15H16N6O2/c1-9-16-18-14(21(9)11-4-5-11)8-23-15(22)10-3-6-13-12(7-10)17-19-20(13)2/h3,6-7,11H,4-5,8H2,1-2H3. The van der Waals surface area contributed by atoms with E-state index in [9.17, 15) is 4.79 Å². The largest absolute Gasteiger partial charge is 0.454 e. The summed E-state index contributed by atoms with van der Waals surface area (Å²) in [5, 5.41) is 16.1. The molecule has 0 saturated heterocycles. The Morgan fingerprint density at radius 2 is 2.13 bits per heavy atom. The highest BCUT2D eigenvalue weighted by Gasteiger charge is 2.28. The minimum absolute atomic E-state index is 0.120. The molecule has 8 heteroatoms. The topological polar surface area (TPSA) is 87.7 Å². The molecule has 118 valence electrons. The normalized spacial score (nSPS) is 14.3. The maximum Gasteiger partial charge on any atom is 0.338 e. The van der Waals surface area contributed by atoms with Gasteiger partial charge in [-0.1, -0.05) is 5.21 Å². The predicted molar refractivity (Wildman–Crippen MR) is 80.7 cm³/mol. The van der Waals surface area contributed by atoms with Gasteiger partial charge in [0.05, 0.1) is 11.1 Å². The fourth-order valence-electron chi connectivity index (χ4n) is 2.70. The van der Waals surface area contributed by atoms with Gasteiger partial charge in [0.2, 0.25) is 0 Å². The number of rotatable bonds is 4. The molecule has 2 aromatic heterocycles. The van der Waals surface area contributed by atoms with E-state index in [-0.39, 0.29) is 6.61 Å². The third-order valence-electron chi connectivity index (χ3n) is 4.03. The van der Waals surface area contributed by atoms with E-state index in [4.69, 9.17) is 4.74 Å². The van der Waals surface area contributed by atoms with Gasteiger partial charge in [0.25, 0.3) is 0 Å². The van der Waals surface area contributed by atoms with Crippen molar-refractivity contribution < 1.29 is 9.53 Å². The summed E-state index contributed by atoms with van der Waals surface area (Å²) in [7, 11) is 1.81. The van der Waals surface area contributed by atoms with E-state index in [0.717, 1.165) is 24.2 Å². The van der Waals surface area contributed by atoms with Gasteiger partial charge in [-0.05, 0) is 38.0 Å². The number of carbonyl (C=O) groups is 1. The number of aryl methyl sites for hydroxylation is 2. The van der Waals surface area contributed by atoms with Crippen LogP contribution in [-0.4, -0.2) is 35.7 Å². The van der Waals surface area contributed by atoms with Crippen molar-refractivity contribution in [2.24, 2.45) is 7.05 Å². The van der Waals surface area contributed by atoms with Crippen LogP contribution in [0.1, 0.15) is 40.9 Å². The zero-order valence-electron chi connectivity index (χ0n) is 12.9. The zero-order chi connectivity index (χ0) is 16.0. The first-order valence-corrected chi connectivity index (χ1v) is 7.50. The number of nitrogens with zero attached hydrogens (tertiary/aromatic N) is 6. The van der Waals surface area contributed by atoms with Crippen molar-refractivity contribution in [2.75, 3.05) is 0 Å². The molecule has 0 spiro atoms. The molecule has 1 fully saturated rings. The smallest absolute Gasteiger partial charge is 0.338 e. The minimum Gasteiger partial charge on any atom is -0.454 e. The third-order valence-corrected chi connectivity index (χ3v) is 4.03. The minimum atomic E-state index is -0.402. The first kappa shape index (κ1) is 13.9. The van der Waals surface area contributed by atoms with E-state index in [0.29, 0.717) is 22.9 Å². The molecule has 0 bridgehead atoms. The Labute approximate surface area is 132 Å². The van der Waals surface area contributed by atoms with Crippen molar-refractivity contribution in [2.45, 2.75) is 32.4 Å². The summed E-state index contributed by atoms with van der Waals surface area (Å²) in [6.07, 6.45) is 2.26. The lowest BCUT2D eigenvalue weighted by Crippen LogP contribution is -2.10. The molecule has 0 amide bonds. The van der Waals surface area contributed by atoms with Gasteiger partial charge in [-0.3, -0.25) is 0 Å². The second kappa shape index (κ2) is 5.15. The van der Waals surface area contributed by atoms with Crippen LogP contribution in [0.3, 0.4) is 0 Å². The molecule has 3 aromatic rings. The van der Waals surface area contributed by atoms with Gasteiger partial charge in [-0.25, -0.2) is 9.48 Å². The molecule has 0 aliphatic heterocycles. The van der Waals surface area contributed by atoms with Gasteiger partial charge < -0.3 is 9.30 Å². The van der Waals surface area contributed by atoms with Crippen LogP contribution in [0.15, 0.2) is 18.2 Å². The lowest BCUT2D eigenvalue weighted by Gasteiger charge is -2.08. The average Bonchev–Trinajstić information content (AvgIpc) is 3.23. The number of hydrogen-bond acceptors (Lipinski definition) is 6. The van der Waals surface area contributed by atoms with Gasteiger partial charge >= 0.3 is 5.97 Å². The van der Waals surface area contributed by atoms with Crippen LogP contribution in [0.5, 0.6) is 0 Å². The summed E-state index contributed by atoms with van der Waals surface area (Å²) in [4.78, 5) is 12.2. The number of aromatic nitrogens is 6. The lowest BCUT2D eigenvalue weighted by atomic mass is 10.2. The second-order valence-corrected chi connectivity index (χ2v) is 5.76. The SMILES string of the molecule is Cc1nnc(COC(=O)c2ccc3c(c2)nnn3C)n1C1CC1. The van der Waals surface area contributed by atoms with Crippen molar-refractivity contribution in [3.8, 4) is 0 Å². The number of hydrogen-bond donors (Lipinski definition) is 0. The monoisotopic (exact) mass is 312 g/mol. The Kier molecular flexibility index (Phi) is 3.10. The maximum absolute atomic E-state index is 12.2. The quantitative estimate of drug-likeness (QED) is 0.679. The van der Waals surface area contributed by atoms with Crippen LogP contribution in [0, 0.1) is 6.92 Å². The van der Waals surface area contributed by atoms with Gasteiger partial charge in [-0.2, -0.15) is 0 Å². The number of carbonyl (C=O) groups excluding carboxylic acids is 1. The van der Waals surface area contributed by atoms with E-state index < -0.39 is 5.97 Å². The van der Waals surface area contributed by atoms with E-state index >= 15 is 0 Å². The molecular formula is C15H16N6O2. The first-order chi connectivity index (χ1) is 11.1. The molecule has 0 unspecified atom stereocenters. The average molecular weight is 312 g/mol. The summed E-state index contributed by atoms with van der Waals surface area (Å²) in [6, 6.07) is 5.66. The molecule has 0 radical (unpaired) electrons. The van der Waals surface area contributed by atoms with Crippen LogP contribution < -0.4 is 0 Å². The predicted octanol–water partition coefficient (Wildman–Crippen LogP) is 1.56. The van der Waals surface area contributed by atoms with E-state index in [2.05, 4.69) is 25.1 Å². The molecule has 8 nitrogen and oxygen atoms in total. The highest BCUT2D eigenvalue weighted by atomic mass is 16.5. The zero-order valence-corrected chi connectivity index (χ0v) is 12.9. The summed E-state index contributed by atoms with van der Waals surface area (Å²) in [6.45, 7) is 2.04. The van der Waals surface area contributed by atoms with Gasteiger partial charge in [0.15, 0.2) is 12.4 Å². The Balaban J connectivity index is 1.51.